The van der Waals surface area contributed by atoms with Crippen molar-refractivity contribution in [1.82, 2.24) is 0 Å². The lowest BCUT2D eigenvalue weighted by atomic mass is 9.99. The van der Waals surface area contributed by atoms with E-state index in [1.807, 2.05) is 13.8 Å². The number of ether oxygens (including phenoxy) is 1. The molecule has 1 fully saturated rings. The Labute approximate surface area is 83.0 Å². The van der Waals surface area contributed by atoms with Crippen LogP contribution in [0.25, 0.3) is 0 Å². The molecule has 2 unspecified atom stereocenters. The maximum Gasteiger partial charge on any atom is 0.226 e. The van der Waals surface area contributed by atoms with Gasteiger partial charge in [0, 0.05) is 6.61 Å². The number of Topliss-reactive ketones (excluding diaryl/α,β-unsaturated/α-hetero) is 1. The highest BCUT2D eigenvalue weighted by atomic mass is 16.5. The van der Waals surface area contributed by atoms with Crippen LogP contribution in [0.1, 0.15) is 29.7 Å². The molecule has 1 aromatic heterocycles. The third kappa shape index (κ3) is 1.60. The van der Waals surface area contributed by atoms with E-state index < -0.39 is 0 Å². The fourth-order valence-corrected chi connectivity index (χ4v) is 1.74. The second-order valence-electron chi connectivity index (χ2n) is 3.83. The lowest BCUT2D eigenvalue weighted by Crippen LogP contribution is -2.24. The van der Waals surface area contributed by atoms with Gasteiger partial charge in [-0.1, -0.05) is 6.92 Å². The monoisotopic (exact) mass is 194 g/mol. The lowest BCUT2D eigenvalue weighted by Gasteiger charge is -2.10. The molecule has 3 heteroatoms. The van der Waals surface area contributed by atoms with Crippen molar-refractivity contribution in [3.8, 4) is 0 Å². The smallest absolute Gasteiger partial charge is 0.226 e. The van der Waals surface area contributed by atoms with E-state index in [0.29, 0.717) is 18.3 Å². The van der Waals surface area contributed by atoms with E-state index in [9.17, 15) is 4.79 Å². The number of ketones is 1. The van der Waals surface area contributed by atoms with E-state index in [-0.39, 0.29) is 11.9 Å². The average Bonchev–Trinajstić information content (AvgIpc) is 2.73. The second kappa shape index (κ2) is 3.58. The van der Waals surface area contributed by atoms with E-state index in [2.05, 4.69) is 0 Å². The number of hydrogen-bond acceptors (Lipinski definition) is 3. The Morgan fingerprint density at radius 3 is 2.79 bits per heavy atom. The highest BCUT2D eigenvalue weighted by molar-refractivity contribution is 5.97. The summed E-state index contributed by atoms with van der Waals surface area (Å²) in [6, 6.07) is 3.51. The third-order valence-electron chi connectivity index (χ3n) is 2.63. The molecule has 0 aliphatic carbocycles. The fraction of sp³-hybridized carbons (Fsp3) is 0.545. The molecular weight excluding hydrogens is 180 g/mol. The minimum Gasteiger partial charge on any atom is -0.458 e. The summed E-state index contributed by atoms with van der Waals surface area (Å²) in [6.07, 6.45) is 0.649. The Bertz CT molecular complexity index is 340. The minimum absolute atomic E-state index is 0.0249. The first-order valence-corrected chi connectivity index (χ1v) is 4.91. The SMILES string of the molecule is Cc1ccc(C(=O)C2OCCC2C)o1. The average molecular weight is 194 g/mol. The van der Waals surface area contributed by atoms with Gasteiger partial charge in [-0.2, -0.15) is 0 Å². The molecule has 76 valence electrons. The Morgan fingerprint density at radius 1 is 1.50 bits per heavy atom. The third-order valence-corrected chi connectivity index (χ3v) is 2.63. The van der Waals surface area contributed by atoms with Crippen molar-refractivity contribution < 1.29 is 13.9 Å². The number of rotatable bonds is 2. The molecule has 2 rings (SSSR count). The minimum atomic E-state index is -0.305. The van der Waals surface area contributed by atoms with Crippen molar-refractivity contribution >= 4 is 5.78 Å². The van der Waals surface area contributed by atoms with E-state index in [0.717, 1.165) is 12.2 Å². The van der Waals surface area contributed by atoms with Crippen LogP contribution in [0.2, 0.25) is 0 Å². The van der Waals surface area contributed by atoms with Crippen LogP contribution >= 0.6 is 0 Å². The Morgan fingerprint density at radius 2 is 2.29 bits per heavy atom. The van der Waals surface area contributed by atoms with Gasteiger partial charge >= 0.3 is 0 Å². The maximum atomic E-state index is 11.9. The zero-order valence-corrected chi connectivity index (χ0v) is 8.45. The van der Waals surface area contributed by atoms with Crippen LogP contribution in [-0.4, -0.2) is 18.5 Å². The molecule has 0 aromatic carbocycles. The molecule has 1 saturated heterocycles. The van der Waals surface area contributed by atoms with Gasteiger partial charge in [0.25, 0.3) is 0 Å². The molecule has 14 heavy (non-hydrogen) atoms. The van der Waals surface area contributed by atoms with Crippen LogP contribution in [0.15, 0.2) is 16.5 Å². The second-order valence-corrected chi connectivity index (χ2v) is 3.83. The molecule has 0 bridgehead atoms. The molecule has 1 aliphatic heterocycles. The molecule has 0 amide bonds. The van der Waals surface area contributed by atoms with E-state index >= 15 is 0 Å². The van der Waals surface area contributed by atoms with Gasteiger partial charge in [0.1, 0.15) is 11.9 Å². The predicted octanol–water partition coefficient (Wildman–Crippen LogP) is 2.20. The quantitative estimate of drug-likeness (QED) is 0.677. The van der Waals surface area contributed by atoms with Crippen molar-refractivity contribution in [1.29, 1.82) is 0 Å². The highest BCUT2D eigenvalue weighted by Gasteiger charge is 2.32. The Kier molecular flexibility index (Phi) is 2.42. The fourth-order valence-electron chi connectivity index (χ4n) is 1.74. The molecule has 0 spiro atoms. The molecule has 2 atom stereocenters. The molecule has 1 aliphatic rings. The summed E-state index contributed by atoms with van der Waals surface area (Å²) in [5.41, 5.74) is 0. The normalized spacial score (nSPS) is 26.7. The predicted molar refractivity (Wildman–Crippen MR) is 51.3 cm³/mol. The summed E-state index contributed by atoms with van der Waals surface area (Å²) in [4.78, 5) is 11.9. The van der Waals surface area contributed by atoms with Gasteiger partial charge in [-0.25, -0.2) is 0 Å². The van der Waals surface area contributed by atoms with Crippen molar-refractivity contribution in [3.05, 3.63) is 23.7 Å². The van der Waals surface area contributed by atoms with Crippen LogP contribution < -0.4 is 0 Å². The van der Waals surface area contributed by atoms with Crippen molar-refractivity contribution in [3.63, 3.8) is 0 Å². The van der Waals surface area contributed by atoms with Gasteiger partial charge in [0.2, 0.25) is 5.78 Å². The Hall–Kier alpha value is -1.09. The van der Waals surface area contributed by atoms with Crippen LogP contribution in [0.5, 0.6) is 0 Å². The standard InChI is InChI=1S/C11H14O3/c1-7-5-6-13-11(7)10(12)9-4-3-8(2)14-9/h3-4,7,11H,5-6H2,1-2H3. The van der Waals surface area contributed by atoms with Gasteiger partial charge < -0.3 is 9.15 Å². The maximum absolute atomic E-state index is 11.9. The largest absolute Gasteiger partial charge is 0.458 e. The van der Waals surface area contributed by atoms with Crippen LogP contribution in [0, 0.1) is 12.8 Å². The highest BCUT2D eigenvalue weighted by Crippen LogP contribution is 2.24. The van der Waals surface area contributed by atoms with E-state index in [1.54, 1.807) is 12.1 Å². The topological polar surface area (TPSA) is 39.4 Å². The molecule has 1 aromatic rings. The van der Waals surface area contributed by atoms with E-state index in [4.69, 9.17) is 9.15 Å². The summed E-state index contributed by atoms with van der Waals surface area (Å²) in [5, 5.41) is 0. The first-order valence-electron chi connectivity index (χ1n) is 4.91. The molecule has 0 saturated carbocycles. The van der Waals surface area contributed by atoms with Gasteiger partial charge in [0.05, 0.1) is 0 Å². The number of carbonyl (C=O) groups is 1. The van der Waals surface area contributed by atoms with Crippen LogP contribution in [-0.2, 0) is 4.74 Å². The number of aryl methyl sites for hydroxylation is 1. The Balaban J connectivity index is 2.15. The van der Waals surface area contributed by atoms with Crippen LogP contribution in [0.3, 0.4) is 0 Å². The van der Waals surface area contributed by atoms with Gasteiger partial charge in [0.15, 0.2) is 5.76 Å². The van der Waals surface area contributed by atoms with E-state index in [1.165, 1.54) is 0 Å². The summed E-state index contributed by atoms with van der Waals surface area (Å²) in [6.45, 7) is 4.54. The number of carbonyl (C=O) groups excluding carboxylic acids is 1. The molecule has 0 N–H and O–H groups in total. The molecular formula is C11H14O3. The molecule has 3 nitrogen and oxygen atoms in total. The first kappa shape index (κ1) is 9.46. The summed E-state index contributed by atoms with van der Waals surface area (Å²) in [5.74, 6) is 1.45. The summed E-state index contributed by atoms with van der Waals surface area (Å²) < 4.78 is 10.7. The van der Waals surface area contributed by atoms with Gasteiger partial charge in [-0.3, -0.25) is 4.79 Å². The van der Waals surface area contributed by atoms with Gasteiger partial charge in [-0.15, -0.1) is 0 Å². The van der Waals surface area contributed by atoms with Crippen LogP contribution in [0.4, 0.5) is 0 Å². The van der Waals surface area contributed by atoms with Crippen molar-refractivity contribution in [2.45, 2.75) is 26.4 Å². The zero-order valence-electron chi connectivity index (χ0n) is 8.45. The zero-order chi connectivity index (χ0) is 10.1. The summed E-state index contributed by atoms with van der Waals surface area (Å²) >= 11 is 0. The number of hydrogen-bond donors (Lipinski definition) is 0. The van der Waals surface area contributed by atoms with Gasteiger partial charge in [-0.05, 0) is 31.4 Å². The number of furan rings is 1. The summed E-state index contributed by atoms with van der Waals surface area (Å²) in [7, 11) is 0. The lowest BCUT2D eigenvalue weighted by molar-refractivity contribution is 0.0551. The molecule has 0 radical (unpaired) electrons. The first-order chi connectivity index (χ1) is 6.68. The van der Waals surface area contributed by atoms with Crippen molar-refractivity contribution in [2.75, 3.05) is 6.61 Å². The molecule has 2 heterocycles. The van der Waals surface area contributed by atoms with Crippen molar-refractivity contribution in [2.24, 2.45) is 5.92 Å².